The summed E-state index contributed by atoms with van der Waals surface area (Å²) < 4.78 is 5.09. The molecule has 0 spiro atoms. The lowest BCUT2D eigenvalue weighted by molar-refractivity contribution is -0.149. The average Bonchev–Trinajstić information content (AvgIpc) is 2.75. The molecule has 1 fully saturated rings. The number of carbonyl (C=O) groups excluding carboxylic acids is 2. The lowest BCUT2D eigenvalue weighted by Crippen LogP contribution is -2.61. The number of nitrogens with zero attached hydrogens (tertiary/aromatic N) is 2. The van der Waals surface area contributed by atoms with Crippen molar-refractivity contribution in [2.75, 3.05) is 0 Å². The van der Waals surface area contributed by atoms with Crippen molar-refractivity contribution < 1.29 is 14.1 Å². The van der Waals surface area contributed by atoms with Crippen molar-refractivity contribution in [1.29, 1.82) is 0 Å². The van der Waals surface area contributed by atoms with Gasteiger partial charge in [0, 0.05) is 6.07 Å². The summed E-state index contributed by atoms with van der Waals surface area (Å²) in [7, 11) is 0. The van der Waals surface area contributed by atoms with E-state index in [1.54, 1.807) is 13.0 Å². The van der Waals surface area contributed by atoms with Crippen LogP contribution in [0.4, 0.5) is 0 Å². The third-order valence-corrected chi connectivity index (χ3v) is 3.16. The Kier molecular flexibility index (Phi) is 3.36. The number of hydrogen-bond donors (Lipinski definition) is 1. The molecule has 98 valence electrons. The molecule has 0 aliphatic carbocycles. The molecule has 0 bridgehead atoms. The number of nitrogens with one attached hydrogen (secondary N) is 1. The van der Waals surface area contributed by atoms with Crippen LogP contribution in [0.25, 0.3) is 0 Å². The Morgan fingerprint density at radius 2 is 2.22 bits per heavy atom. The highest BCUT2D eigenvalue weighted by molar-refractivity contribution is 5.96. The predicted molar refractivity (Wildman–Crippen MR) is 63.5 cm³/mol. The number of piperazine rings is 1. The first-order valence-electron chi connectivity index (χ1n) is 6.06. The Hall–Kier alpha value is -1.85. The zero-order valence-corrected chi connectivity index (χ0v) is 10.8. The van der Waals surface area contributed by atoms with E-state index in [9.17, 15) is 9.59 Å². The van der Waals surface area contributed by atoms with Crippen LogP contribution in [0.15, 0.2) is 10.6 Å². The highest BCUT2D eigenvalue weighted by Crippen LogP contribution is 2.16. The number of carbonyl (C=O) groups is 2. The molecule has 2 atom stereocenters. The molecule has 18 heavy (non-hydrogen) atoms. The van der Waals surface area contributed by atoms with Crippen LogP contribution >= 0.6 is 0 Å². The van der Waals surface area contributed by atoms with Crippen molar-refractivity contribution in [3.63, 3.8) is 0 Å². The van der Waals surface area contributed by atoms with Crippen molar-refractivity contribution in [3.8, 4) is 0 Å². The minimum atomic E-state index is -0.481. The normalized spacial score (nSPS) is 24.3. The highest BCUT2D eigenvalue weighted by Gasteiger charge is 2.37. The summed E-state index contributed by atoms with van der Waals surface area (Å²) in [6.45, 7) is 5.68. The molecule has 1 aromatic heterocycles. The van der Waals surface area contributed by atoms with Crippen LogP contribution in [0.2, 0.25) is 0 Å². The first-order chi connectivity index (χ1) is 8.52. The van der Waals surface area contributed by atoms with Crippen LogP contribution in [-0.4, -0.2) is 34.0 Å². The van der Waals surface area contributed by atoms with Crippen LogP contribution in [0.1, 0.15) is 31.7 Å². The zero-order valence-electron chi connectivity index (χ0n) is 10.8. The molecule has 2 heterocycles. The fraction of sp³-hybridized carbons (Fsp3) is 0.583. The molecule has 0 saturated carbocycles. The molecule has 2 amide bonds. The Morgan fingerprint density at radius 3 is 2.78 bits per heavy atom. The van der Waals surface area contributed by atoms with Crippen LogP contribution in [0.5, 0.6) is 0 Å². The molecule has 1 aliphatic heterocycles. The number of hydrogen-bond acceptors (Lipinski definition) is 4. The standard InChI is InChI=1S/C12H17N3O3/c1-4-10-12(17)15(8(3)11(16)13-10)6-9-5-7(2)14-18-9/h5,8,10H,4,6H2,1-3H3,(H,13,16). The van der Waals surface area contributed by atoms with Gasteiger partial charge in [-0.05, 0) is 20.3 Å². The second-order valence-electron chi connectivity index (χ2n) is 4.55. The van der Waals surface area contributed by atoms with Crippen LogP contribution in [0, 0.1) is 6.92 Å². The van der Waals surface area contributed by atoms with E-state index >= 15 is 0 Å². The third kappa shape index (κ3) is 2.23. The van der Waals surface area contributed by atoms with Crippen LogP contribution in [-0.2, 0) is 16.1 Å². The van der Waals surface area contributed by atoms with Crippen molar-refractivity contribution in [2.24, 2.45) is 0 Å². The molecule has 0 radical (unpaired) electrons. The van der Waals surface area contributed by atoms with E-state index in [0.717, 1.165) is 5.69 Å². The Labute approximate surface area is 105 Å². The number of amides is 2. The van der Waals surface area contributed by atoms with Gasteiger partial charge < -0.3 is 14.7 Å². The van der Waals surface area contributed by atoms with Gasteiger partial charge in [-0.3, -0.25) is 9.59 Å². The van der Waals surface area contributed by atoms with E-state index in [1.165, 1.54) is 4.90 Å². The number of aryl methyl sites for hydroxylation is 1. The fourth-order valence-electron chi connectivity index (χ4n) is 2.04. The van der Waals surface area contributed by atoms with E-state index in [4.69, 9.17) is 4.52 Å². The molecule has 6 heteroatoms. The minimum Gasteiger partial charge on any atom is -0.359 e. The third-order valence-electron chi connectivity index (χ3n) is 3.16. The highest BCUT2D eigenvalue weighted by atomic mass is 16.5. The summed E-state index contributed by atoms with van der Waals surface area (Å²) in [6, 6.07) is 0.858. The van der Waals surface area contributed by atoms with Crippen LogP contribution < -0.4 is 5.32 Å². The van der Waals surface area contributed by atoms with Gasteiger partial charge in [0.05, 0.1) is 12.2 Å². The molecular weight excluding hydrogens is 234 g/mol. The molecule has 1 aromatic rings. The quantitative estimate of drug-likeness (QED) is 0.854. The monoisotopic (exact) mass is 251 g/mol. The van der Waals surface area contributed by atoms with Gasteiger partial charge in [0.2, 0.25) is 11.8 Å². The van der Waals surface area contributed by atoms with Gasteiger partial charge in [-0.15, -0.1) is 0 Å². The lowest BCUT2D eigenvalue weighted by atomic mass is 10.1. The summed E-state index contributed by atoms with van der Waals surface area (Å²) in [5, 5.41) is 6.49. The first-order valence-corrected chi connectivity index (χ1v) is 6.06. The molecule has 6 nitrogen and oxygen atoms in total. The van der Waals surface area contributed by atoms with Crippen LogP contribution in [0.3, 0.4) is 0 Å². The maximum Gasteiger partial charge on any atom is 0.246 e. The van der Waals surface area contributed by atoms with E-state index in [2.05, 4.69) is 10.5 Å². The van der Waals surface area contributed by atoms with Crippen molar-refractivity contribution in [1.82, 2.24) is 15.4 Å². The molecular formula is C12H17N3O3. The maximum atomic E-state index is 12.2. The predicted octanol–water partition coefficient (Wildman–Crippen LogP) is 0.609. The van der Waals surface area contributed by atoms with E-state index < -0.39 is 12.1 Å². The van der Waals surface area contributed by atoms with E-state index in [1.807, 2.05) is 13.8 Å². The molecule has 1 N–H and O–H groups in total. The SMILES string of the molecule is CCC1NC(=O)C(C)N(Cc2cc(C)no2)C1=O. The Balaban J connectivity index is 2.17. The topological polar surface area (TPSA) is 75.4 Å². The fourth-order valence-corrected chi connectivity index (χ4v) is 2.04. The van der Waals surface area contributed by atoms with Gasteiger partial charge in [-0.1, -0.05) is 12.1 Å². The van der Waals surface area contributed by atoms with Gasteiger partial charge in [0.25, 0.3) is 0 Å². The first kappa shape index (κ1) is 12.6. The van der Waals surface area contributed by atoms with Crippen molar-refractivity contribution in [2.45, 2.75) is 45.8 Å². The summed E-state index contributed by atoms with van der Waals surface area (Å²) in [4.78, 5) is 25.5. The van der Waals surface area contributed by atoms with Gasteiger partial charge >= 0.3 is 0 Å². The molecule has 2 unspecified atom stereocenters. The van der Waals surface area contributed by atoms with Crippen molar-refractivity contribution >= 4 is 11.8 Å². The summed E-state index contributed by atoms with van der Waals surface area (Å²) in [5.41, 5.74) is 0.763. The molecule has 0 aromatic carbocycles. The summed E-state index contributed by atoms with van der Waals surface area (Å²) >= 11 is 0. The summed E-state index contributed by atoms with van der Waals surface area (Å²) in [6.07, 6.45) is 0.587. The summed E-state index contributed by atoms with van der Waals surface area (Å²) in [5.74, 6) is 0.397. The smallest absolute Gasteiger partial charge is 0.246 e. The van der Waals surface area contributed by atoms with Gasteiger partial charge in [0.1, 0.15) is 12.1 Å². The van der Waals surface area contributed by atoms with E-state index in [0.29, 0.717) is 12.2 Å². The average molecular weight is 251 g/mol. The molecule has 1 saturated heterocycles. The largest absolute Gasteiger partial charge is 0.359 e. The van der Waals surface area contributed by atoms with Gasteiger partial charge in [-0.25, -0.2) is 0 Å². The lowest BCUT2D eigenvalue weighted by Gasteiger charge is -2.36. The number of rotatable bonds is 3. The van der Waals surface area contributed by atoms with E-state index in [-0.39, 0.29) is 18.4 Å². The minimum absolute atomic E-state index is 0.0707. The second-order valence-corrected chi connectivity index (χ2v) is 4.55. The Morgan fingerprint density at radius 1 is 1.50 bits per heavy atom. The van der Waals surface area contributed by atoms with Crippen molar-refractivity contribution in [3.05, 3.63) is 17.5 Å². The molecule has 1 aliphatic rings. The zero-order chi connectivity index (χ0) is 13.3. The number of aromatic nitrogens is 1. The second kappa shape index (κ2) is 4.80. The molecule has 2 rings (SSSR count). The Bertz CT molecular complexity index is 469. The van der Waals surface area contributed by atoms with Gasteiger partial charge in [0.15, 0.2) is 5.76 Å². The van der Waals surface area contributed by atoms with Gasteiger partial charge in [-0.2, -0.15) is 0 Å². The maximum absolute atomic E-state index is 12.2.